The highest BCUT2D eigenvalue weighted by atomic mass is 35.5. The van der Waals surface area contributed by atoms with Crippen LogP contribution in [0, 0.1) is 12.7 Å². The van der Waals surface area contributed by atoms with E-state index < -0.39 is 34.3 Å². The average Bonchev–Trinajstić information content (AvgIpc) is 2.91. The number of anilines is 1. The quantitative estimate of drug-likeness (QED) is 0.337. The van der Waals surface area contributed by atoms with Crippen LogP contribution < -0.4 is 9.62 Å². The molecule has 0 aliphatic carbocycles. The van der Waals surface area contributed by atoms with Gasteiger partial charge in [0.15, 0.2) is 0 Å². The van der Waals surface area contributed by atoms with Crippen molar-refractivity contribution >= 4 is 39.1 Å². The van der Waals surface area contributed by atoms with Gasteiger partial charge in [0.1, 0.15) is 18.4 Å². The third kappa shape index (κ3) is 7.58. The molecular weight excluding hydrogens is 541 g/mol. The Morgan fingerprint density at radius 3 is 2.18 bits per heavy atom. The number of carbonyl (C=O) groups excluding carboxylic acids is 2. The Labute approximate surface area is 234 Å². The molecule has 0 spiro atoms. The van der Waals surface area contributed by atoms with Crippen molar-refractivity contribution in [2.75, 3.05) is 10.8 Å². The minimum Gasteiger partial charge on any atom is -0.352 e. The molecule has 0 unspecified atom stereocenters. The summed E-state index contributed by atoms with van der Waals surface area (Å²) in [5.41, 5.74) is 1.27. The SMILES string of the molecule is CC[C@@H](C)NC(=O)[C@H](C)N(Cc1ccc(Cl)cc1)C(=O)CN(c1ccccc1F)S(=O)(=O)c1ccc(C)cc1. The van der Waals surface area contributed by atoms with Gasteiger partial charge < -0.3 is 10.2 Å². The molecule has 3 rings (SSSR count). The molecule has 7 nitrogen and oxygen atoms in total. The lowest BCUT2D eigenvalue weighted by Crippen LogP contribution is -2.52. The maximum absolute atomic E-state index is 14.9. The van der Waals surface area contributed by atoms with Crippen molar-refractivity contribution in [2.45, 2.75) is 57.6 Å². The van der Waals surface area contributed by atoms with E-state index in [1.807, 2.05) is 20.8 Å². The van der Waals surface area contributed by atoms with Gasteiger partial charge in [-0.15, -0.1) is 0 Å². The average molecular weight is 574 g/mol. The molecule has 0 aromatic heterocycles. The van der Waals surface area contributed by atoms with Crippen LogP contribution in [0.1, 0.15) is 38.3 Å². The molecule has 208 valence electrons. The first-order chi connectivity index (χ1) is 18.4. The summed E-state index contributed by atoms with van der Waals surface area (Å²) in [7, 11) is -4.34. The van der Waals surface area contributed by atoms with E-state index in [0.717, 1.165) is 15.9 Å². The summed E-state index contributed by atoms with van der Waals surface area (Å²) in [6.45, 7) is 6.47. The first-order valence-electron chi connectivity index (χ1n) is 12.6. The van der Waals surface area contributed by atoms with Gasteiger partial charge in [0, 0.05) is 17.6 Å². The fourth-order valence-corrected chi connectivity index (χ4v) is 5.39. The largest absolute Gasteiger partial charge is 0.352 e. The first-order valence-corrected chi connectivity index (χ1v) is 14.4. The molecule has 2 amide bonds. The normalized spacial score (nSPS) is 12.9. The maximum atomic E-state index is 14.9. The lowest BCUT2D eigenvalue weighted by Gasteiger charge is -2.32. The van der Waals surface area contributed by atoms with Gasteiger partial charge in [0.05, 0.1) is 10.6 Å². The predicted octanol–water partition coefficient (Wildman–Crippen LogP) is 5.31. The fourth-order valence-electron chi connectivity index (χ4n) is 3.84. The second-order valence-electron chi connectivity index (χ2n) is 9.42. The number of nitrogens with zero attached hydrogens (tertiary/aromatic N) is 2. The van der Waals surface area contributed by atoms with Crippen LogP contribution in [0.5, 0.6) is 0 Å². The molecule has 3 aromatic carbocycles. The number of nitrogens with one attached hydrogen (secondary N) is 1. The standard InChI is InChI=1S/C29H33ClFN3O4S/c1-5-21(3)32-29(36)22(4)33(18-23-12-14-24(30)15-13-23)28(35)19-34(27-9-7-6-8-26(27)31)39(37,38)25-16-10-20(2)11-17-25/h6-17,21-22H,5,18-19H2,1-4H3,(H,32,36)/t21-,22+/m1/s1. The van der Waals surface area contributed by atoms with Gasteiger partial charge in [-0.1, -0.05) is 60.5 Å². The van der Waals surface area contributed by atoms with E-state index in [1.54, 1.807) is 43.3 Å². The molecule has 1 N–H and O–H groups in total. The molecule has 0 heterocycles. The van der Waals surface area contributed by atoms with E-state index in [9.17, 15) is 22.4 Å². The highest BCUT2D eigenvalue weighted by molar-refractivity contribution is 7.92. The molecule has 0 saturated carbocycles. The number of carbonyl (C=O) groups is 2. The van der Waals surface area contributed by atoms with Crippen LogP contribution in [0.15, 0.2) is 77.7 Å². The van der Waals surface area contributed by atoms with E-state index >= 15 is 0 Å². The second-order valence-corrected chi connectivity index (χ2v) is 11.7. The Hall–Kier alpha value is -3.43. The Bertz CT molecular complexity index is 1400. The number of aryl methyl sites for hydroxylation is 1. The van der Waals surface area contributed by atoms with Crippen LogP contribution in [-0.2, 0) is 26.2 Å². The van der Waals surface area contributed by atoms with Gasteiger partial charge in [-0.05, 0) is 69.2 Å². The van der Waals surface area contributed by atoms with Crippen molar-refractivity contribution in [3.8, 4) is 0 Å². The highest BCUT2D eigenvalue weighted by Crippen LogP contribution is 2.27. The Morgan fingerprint density at radius 1 is 0.974 bits per heavy atom. The van der Waals surface area contributed by atoms with Crippen molar-refractivity contribution in [1.29, 1.82) is 0 Å². The van der Waals surface area contributed by atoms with E-state index in [-0.39, 0.29) is 29.1 Å². The van der Waals surface area contributed by atoms with Crippen LogP contribution >= 0.6 is 11.6 Å². The lowest BCUT2D eigenvalue weighted by molar-refractivity contribution is -0.139. The van der Waals surface area contributed by atoms with Gasteiger partial charge in [-0.2, -0.15) is 0 Å². The fraction of sp³-hybridized carbons (Fsp3) is 0.310. The summed E-state index contributed by atoms with van der Waals surface area (Å²) in [5, 5.41) is 3.38. The van der Waals surface area contributed by atoms with Gasteiger partial charge >= 0.3 is 0 Å². The molecule has 0 aliphatic heterocycles. The molecule has 0 saturated heterocycles. The summed E-state index contributed by atoms with van der Waals surface area (Å²) >= 11 is 6.01. The number of halogens is 2. The highest BCUT2D eigenvalue weighted by Gasteiger charge is 2.33. The van der Waals surface area contributed by atoms with Gasteiger partial charge in [-0.3, -0.25) is 13.9 Å². The zero-order valence-electron chi connectivity index (χ0n) is 22.4. The summed E-state index contributed by atoms with van der Waals surface area (Å²) in [6.07, 6.45) is 0.694. The number of rotatable bonds is 11. The van der Waals surface area contributed by atoms with Gasteiger partial charge in [-0.25, -0.2) is 12.8 Å². The molecule has 3 aromatic rings. The van der Waals surface area contributed by atoms with E-state index in [0.29, 0.717) is 17.0 Å². The molecule has 0 bridgehead atoms. The molecule has 39 heavy (non-hydrogen) atoms. The van der Waals surface area contributed by atoms with Crippen LogP contribution in [0.3, 0.4) is 0 Å². The van der Waals surface area contributed by atoms with Crippen molar-refractivity contribution in [1.82, 2.24) is 10.2 Å². The monoisotopic (exact) mass is 573 g/mol. The van der Waals surface area contributed by atoms with E-state index in [1.165, 1.54) is 35.2 Å². The van der Waals surface area contributed by atoms with Crippen LogP contribution in [0.25, 0.3) is 0 Å². The third-order valence-electron chi connectivity index (χ3n) is 6.44. The number of hydrogen-bond donors (Lipinski definition) is 1. The van der Waals surface area contributed by atoms with Crippen molar-refractivity contribution in [3.05, 3.63) is 94.8 Å². The van der Waals surface area contributed by atoms with Gasteiger partial charge in [0.25, 0.3) is 10.0 Å². The molecule has 0 aliphatic rings. The zero-order chi connectivity index (χ0) is 28.7. The van der Waals surface area contributed by atoms with E-state index in [2.05, 4.69) is 5.32 Å². The summed E-state index contributed by atoms with van der Waals surface area (Å²) in [6, 6.07) is 17.2. The van der Waals surface area contributed by atoms with Crippen LogP contribution in [-0.4, -0.2) is 43.8 Å². The maximum Gasteiger partial charge on any atom is 0.264 e. The van der Waals surface area contributed by atoms with Crippen molar-refractivity contribution < 1.29 is 22.4 Å². The molecule has 0 radical (unpaired) electrons. The number of para-hydroxylation sites is 1. The molecule has 0 fully saturated rings. The van der Waals surface area contributed by atoms with Crippen molar-refractivity contribution in [2.24, 2.45) is 0 Å². The molecule has 2 atom stereocenters. The third-order valence-corrected chi connectivity index (χ3v) is 8.47. The number of benzene rings is 3. The smallest absolute Gasteiger partial charge is 0.264 e. The minimum atomic E-state index is -4.34. The van der Waals surface area contributed by atoms with Crippen LogP contribution in [0.4, 0.5) is 10.1 Å². The lowest BCUT2D eigenvalue weighted by atomic mass is 10.1. The van der Waals surface area contributed by atoms with Crippen molar-refractivity contribution in [3.63, 3.8) is 0 Å². The van der Waals surface area contributed by atoms with E-state index in [4.69, 9.17) is 11.6 Å². The topological polar surface area (TPSA) is 86.8 Å². The predicted molar refractivity (Wildman–Crippen MR) is 151 cm³/mol. The number of hydrogen-bond acceptors (Lipinski definition) is 4. The van der Waals surface area contributed by atoms with Gasteiger partial charge in [0.2, 0.25) is 11.8 Å². The first kappa shape index (κ1) is 30.1. The Morgan fingerprint density at radius 2 is 1.59 bits per heavy atom. The summed E-state index contributed by atoms with van der Waals surface area (Å²) < 4.78 is 43.2. The van der Waals surface area contributed by atoms with Crippen LogP contribution in [0.2, 0.25) is 5.02 Å². The molecule has 10 heteroatoms. The zero-order valence-corrected chi connectivity index (χ0v) is 24.0. The minimum absolute atomic E-state index is 0.0147. The Balaban J connectivity index is 2.03. The summed E-state index contributed by atoms with van der Waals surface area (Å²) in [4.78, 5) is 28.1. The molecular formula is C29H33ClFN3O4S. The Kier molecular flexibility index (Phi) is 10.1. The second kappa shape index (κ2) is 13.1. The number of sulfonamides is 1. The summed E-state index contributed by atoms with van der Waals surface area (Å²) in [5.74, 6) is -1.85. The number of amides is 2.